The first-order valence-electron chi connectivity index (χ1n) is 3.22. The van der Waals surface area contributed by atoms with Gasteiger partial charge in [0.05, 0.1) is 16.1 Å². The van der Waals surface area contributed by atoms with Gasteiger partial charge in [0, 0.05) is 0 Å². The highest BCUT2D eigenvalue weighted by molar-refractivity contribution is 9.11. The summed E-state index contributed by atoms with van der Waals surface area (Å²) in [5, 5.41) is 11.2. The van der Waals surface area contributed by atoms with Gasteiger partial charge in [0.15, 0.2) is 6.20 Å². The average Bonchev–Trinajstić information content (AvgIpc) is 2.02. The lowest BCUT2D eigenvalue weighted by molar-refractivity contribution is -0.609. The van der Waals surface area contributed by atoms with Gasteiger partial charge in [-0.25, -0.2) is 4.79 Å². The molecule has 1 aromatic rings. The molecule has 0 aliphatic carbocycles. The van der Waals surface area contributed by atoms with Crippen molar-refractivity contribution in [2.24, 2.45) is 0 Å². The summed E-state index contributed by atoms with van der Waals surface area (Å²) in [7, 11) is 1.22. The quantitative estimate of drug-likeness (QED) is 0.450. The van der Waals surface area contributed by atoms with Gasteiger partial charge in [0.1, 0.15) is 0 Å². The molecule has 0 spiro atoms. The van der Waals surface area contributed by atoms with Crippen LogP contribution in [-0.2, 0) is 4.74 Å². The summed E-state index contributed by atoms with van der Waals surface area (Å²) in [5.41, 5.74) is -0.0642. The molecule has 1 rings (SSSR count). The Hall–Kier alpha value is -0.620. The molecule has 70 valence electrons. The van der Waals surface area contributed by atoms with Crippen LogP contribution in [0, 0.1) is 5.21 Å². The summed E-state index contributed by atoms with van der Waals surface area (Å²) in [6.45, 7) is 0. The van der Waals surface area contributed by atoms with Gasteiger partial charge >= 0.3 is 11.7 Å². The highest BCUT2D eigenvalue weighted by atomic mass is 79.9. The van der Waals surface area contributed by atoms with Gasteiger partial charge in [-0.3, -0.25) is 0 Å². The zero-order chi connectivity index (χ0) is 10.0. The molecule has 0 radical (unpaired) electrons. The lowest BCUT2D eigenvalue weighted by atomic mass is 10.3. The number of nitrogens with zero attached hydrogens (tertiary/aromatic N) is 1. The fourth-order valence-corrected chi connectivity index (χ4v) is 2.10. The van der Waals surface area contributed by atoms with Gasteiger partial charge in [0.25, 0.3) is 0 Å². The maximum Gasteiger partial charge on any atom is 0.405 e. The maximum atomic E-state index is 11.2. The number of rotatable bonds is 1. The van der Waals surface area contributed by atoms with Gasteiger partial charge in [-0.1, -0.05) is 0 Å². The van der Waals surface area contributed by atoms with Crippen molar-refractivity contribution in [1.29, 1.82) is 0 Å². The van der Waals surface area contributed by atoms with E-state index in [4.69, 9.17) is 0 Å². The highest BCUT2D eigenvalue weighted by Crippen LogP contribution is 2.18. The number of esters is 1. The molecule has 0 atom stereocenters. The van der Waals surface area contributed by atoms with Crippen molar-refractivity contribution < 1.29 is 14.3 Å². The van der Waals surface area contributed by atoms with Crippen molar-refractivity contribution in [3.63, 3.8) is 0 Å². The third-order valence-electron chi connectivity index (χ3n) is 1.33. The first-order chi connectivity index (χ1) is 6.06. The van der Waals surface area contributed by atoms with E-state index >= 15 is 0 Å². The van der Waals surface area contributed by atoms with Gasteiger partial charge in [-0.15, -0.1) is 0 Å². The Bertz CT molecular complexity index is 331. The molecule has 0 saturated carbocycles. The molecular formula is C7H5Br2NO3. The molecule has 0 amide bonds. The molecule has 0 aromatic carbocycles. The predicted molar refractivity (Wildman–Crippen MR) is 52.1 cm³/mol. The minimum Gasteiger partial charge on any atom is -0.618 e. The molecule has 0 aliphatic heterocycles. The molecule has 4 nitrogen and oxygen atoms in total. The fraction of sp³-hybridized carbons (Fsp3) is 0.143. The monoisotopic (exact) mass is 309 g/mol. The van der Waals surface area contributed by atoms with Gasteiger partial charge < -0.3 is 9.94 Å². The van der Waals surface area contributed by atoms with Crippen LogP contribution in [-0.4, -0.2) is 13.1 Å². The number of carbonyl (C=O) groups excluding carboxylic acids is 1. The summed E-state index contributed by atoms with van der Waals surface area (Å²) in [4.78, 5) is 11.1. The summed E-state index contributed by atoms with van der Waals surface area (Å²) < 4.78 is 5.85. The summed E-state index contributed by atoms with van der Waals surface area (Å²) in [6, 6.07) is 1.60. The molecule has 0 unspecified atom stereocenters. The van der Waals surface area contributed by atoms with E-state index in [9.17, 15) is 10.0 Å². The van der Waals surface area contributed by atoms with Crippen LogP contribution in [0.5, 0.6) is 0 Å². The Kier molecular flexibility index (Phi) is 3.27. The number of methoxy groups -OCH3 is 1. The van der Waals surface area contributed by atoms with Crippen LogP contribution in [0.4, 0.5) is 0 Å². The molecular weight excluding hydrogens is 306 g/mol. The maximum absolute atomic E-state index is 11.2. The SMILES string of the molecule is COC(=O)c1c(Br)cc(Br)c[n+]1[O-]. The van der Waals surface area contributed by atoms with E-state index in [1.54, 1.807) is 6.07 Å². The number of halogens is 2. The smallest absolute Gasteiger partial charge is 0.405 e. The third-order valence-corrected chi connectivity index (χ3v) is 2.37. The van der Waals surface area contributed by atoms with Crippen molar-refractivity contribution in [1.82, 2.24) is 0 Å². The molecule has 1 heterocycles. The van der Waals surface area contributed by atoms with Gasteiger partial charge in [-0.2, -0.15) is 4.73 Å². The van der Waals surface area contributed by atoms with Crippen molar-refractivity contribution in [2.45, 2.75) is 0 Å². The first-order valence-corrected chi connectivity index (χ1v) is 4.81. The Morgan fingerprint density at radius 1 is 1.62 bits per heavy atom. The number of carbonyl (C=O) groups is 1. The molecule has 0 fully saturated rings. The largest absolute Gasteiger partial charge is 0.618 e. The van der Waals surface area contributed by atoms with Crippen molar-refractivity contribution in [3.05, 3.63) is 32.1 Å². The molecule has 6 heteroatoms. The van der Waals surface area contributed by atoms with Crippen molar-refractivity contribution >= 4 is 37.8 Å². The van der Waals surface area contributed by atoms with Crippen LogP contribution in [0.15, 0.2) is 21.2 Å². The Labute approximate surface area is 91.3 Å². The molecule has 13 heavy (non-hydrogen) atoms. The second-order valence-electron chi connectivity index (χ2n) is 2.17. The lowest BCUT2D eigenvalue weighted by Gasteiger charge is -2.04. The summed E-state index contributed by atoms with van der Waals surface area (Å²) >= 11 is 6.20. The number of ether oxygens (including phenoxy) is 1. The van der Waals surface area contributed by atoms with Crippen molar-refractivity contribution in [3.8, 4) is 0 Å². The molecule has 1 aromatic heterocycles. The van der Waals surface area contributed by atoms with E-state index in [0.29, 0.717) is 13.7 Å². The summed E-state index contributed by atoms with van der Waals surface area (Å²) in [6.07, 6.45) is 1.23. The molecule has 0 bridgehead atoms. The van der Waals surface area contributed by atoms with Gasteiger partial charge in [-0.05, 0) is 37.9 Å². The van der Waals surface area contributed by atoms with Crippen LogP contribution in [0.2, 0.25) is 0 Å². The Morgan fingerprint density at radius 3 is 2.69 bits per heavy atom. The molecule has 0 N–H and O–H groups in total. The Morgan fingerprint density at radius 2 is 2.23 bits per heavy atom. The Balaban J connectivity index is 3.28. The zero-order valence-electron chi connectivity index (χ0n) is 6.58. The standard InChI is InChI=1S/C7H5Br2NO3/c1-13-7(11)6-5(9)2-4(8)3-10(6)12/h2-3H,1H3. The topological polar surface area (TPSA) is 53.2 Å². The first kappa shape index (κ1) is 10.5. The lowest BCUT2D eigenvalue weighted by Crippen LogP contribution is -2.35. The zero-order valence-corrected chi connectivity index (χ0v) is 9.75. The third kappa shape index (κ3) is 2.19. The van der Waals surface area contributed by atoms with E-state index < -0.39 is 5.97 Å². The van der Waals surface area contributed by atoms with E-state index in [1.807, 2.05) is 0 Å². The number of pyridine rings is 1. The van der Waals surface area contributed by atoms with Gasteiger partial charge in [0.2, 0.25) is 0 Å². The molecule has 0 aliphatic rings. The summed E-state index contributed by atoms with van der Waals surface area (Å²) in [5.74, 6) is -0.672. The van der Waals surface area contributed by atoms with Crippen LogP contribution in [0.3, 0.4) is 0 Å². The predicted octanol–water partition coefficient (Wildman–Crippen LogP) is 1.63. The van der Waals surface area contributed by atoms with Crippen LogP contribution in [0.25, 0.3) is 0 Å². The van der Waals surface area contributed by atoms with E-state index in [1.165, 1.54) is 13.3 Å². The minimum absolute atomic E-state index is 0.0642. The van der Waals surface area contributed by atoms with E-state index in [-0.39, 0.29) is 5.69 Å². The number of aromatic nitrogens is 1. The fourth-order valence-electron chi connectivity index (χ4n) is 0.793. The normalized spacial score (nSPS) is 9.77. The second-order valence-corrected chi connectivity index (χ2v) is 3.94. The van der Waals surface area contributed by atoms with E-state index in [2.05, 4.69) is 36.6 Å². The highest BCUT2D eigenvalue weighted by Gasteiger charge is 2.21. The number of hydrogen-bond acceptors (Lipinski definition) is 3. The second kappa shape index (κ2) is 4.06. The van der Waals surface area contributed by atoms with Crippen molar-refractivity contribution in [2.75, 3.05) is 7.11 Å². The molecule has 0 saturated heterocycles. The van der Waals surface area contributed by atoms with Crippen LogP contribution < -0.4 is 4.73 Å². The average molecular weight is 311 g/mol. The minimum atomic E-state index is -0.672. The van der Waals surface area contributed by atoms with E-state index in [0.717, 1.165) is 0 Å². The van der Waals surface area contributed by atoms with Crippen LogP contribution in [0.1, 0.15) is 10.5 Å². The van der Waals surface area contributed by atoms with Crippen LogP contribution >= 0.6 is 31.9 Å². The number of hydrogen-bond donors (Lipinski definition) is 0.